The van der Waals surface area contributed by atoms with Crippen molar-refractivity contribution in [2.24, 2.45) is 0 Å². The van der Waals surface area contributed by atoms with E-state index < -0.39 is 62.9 Å². The van der Waals surface area contributed by atoms with Gasteiger partial charge >= 0.3 is 6.18 Å². The first-order chi connectivity index (χ1) is 22.7. The maximum atomic E-state index is 14.3. The zero-order valence-corrected chi connectivity index (χ0v) is 27.4. The number of carbonyl (C=O) groups excluding carboxylic acids is 3. The number of allylic oxidation sites excluding steroid dienone is 1. The van der Waals surface area contributed by atoms with Crippen LogP contribution in [0.3, 0.4) is 0 Å². The zero-order valence-electron chi connectivity index (χ0n) is 26.6. The van der Waals surface area contributed by atoms with Gasteiger partial charge in [-0.1, -0.05) is 36.8 Å². The van der Waals surface area contributed by atoms with E-state index in [1.54, 1.807) is 6.07 Å². The van der Waals surface area contributed by atoms with Gasteiger partial charge in [-0.25, -0.2) is 13.4 Å². The Morgan fingerprint density at radius 3 is 2.67 bits per heavy atom. The fourth-order valence-electron chi connectivity index (χ4n) is 5.98. The summed E-state index contributed by atoms with van der Waals surface area (Å²) in [6.45, 7) is 4.44. The van der Waals surface area contributed by atoms with Crippen LogP contribution in [0.25, 0.3) is 16.8 Å². The summed E-state index contributed by atoms with van der Waals surface area (Å²) in [5, 5.41) is 5.59. The van der Waals surface area contributed by atoms with Crippen LogP contribution >= 0.6 is 0 Å². The molecular weight excluding hydrogens is 651 g/mol. The number of carbonyl (C=O) groups is 3. The van der Waals surface area contributed by atoms with E-state index in [1.807, 2.05) is 35.1 Å². The minimum absolute atomic E-state index is 0.0781. The SMILES string of the molecule is C=CC[C@@](C)(NC(=O)[C@@H]1C[C@@H]2CN1C(=O)C(C(F)(F)F)NCCCCC/C=C/c1ccc3ccnc(c3c1)O2)C(=O)NS(=O)(=O)C1CC1. The number of alkyl halides is 3. The second kappa shape index (κ2) is 14.2. The predicted molar refractivity (Wildman–Crippen MR) is 173 cm³/mol. The number of pyridine rings is 1. The van der Waals surface area contributed by atoms with Crippen molar-refractivity contribution < 1.29 is 40.7 Å². The van der Waals surface area contributed by atoms with Crippen molar-refractivity contribution >= 4 is 44.6 Å². The Kier molecular flexibility index (Phi) is 10.5. The summed E-state index contributed by atoms with van der Waals surface area (Å²) in [4.78, 5) is 46.0. The molecule has 4 bridgehead atoms. The van der Waals surface area contributed by atoms with Gasteiger partial charge in [0.2, 0.25) is 27.7 Å². The molecule has 2 aliphatic heterocycles. The lowest BCUT2D eigenvalue weighted by Gasteiger charge is -2.33. The first-order valence-corrected chi connectivity index (χ1v) is 17.6. The van der Waals surface area contributed by atoms with Gasteiger partial charge in [-0.2, -0.15) is 13.2 Å². The first-order valence-electron chi connectivity index (χ1n) is 16.0. The van der Waals surface area contributed by atoms with Crippen molar-refractivity contribution in [1.82, 2.24) is 25.2 Å². The number of aromatic nitrogens is 1. The molecule has 5 rings (SSSR count). The van der Waals surface area contributed by atoms with Crippen molar-refractivity contribution in [3.05, 3.63) is 54.8 Å². The Balaban J connectivity index is 1.48. The highest BCUT2D eigenvalue weighted by Crippen LogP contribution is 2.32. The minimum atomic E-state index is -4.97. The summed E-state index contributed by atoms with van der Waals surface area (Å²) in [6, 6.07) is 3.45. The number of hydrogen-bond acceptors (Lipinski definition) is 8. The van der Waals surface area contributed by atoms with Crippen molar-refractivity contribution in [2.75, 3.05) is 13.1 Å². The van der Waals surface area contributed by atoms with Gasteiger partial charge < -0.3 is 15.0 Å². The molecule has 15 heteroatoms. The molecule has 0 spiro atoms. The first kappa shape index (κ1) is 35.3. The fraction of sp³-hybridized carbons (Fsp3) is 0.515. The molecular formula is C33H40F3N5O6S. The van der Waals surface area contributed by atoms with E-state index in [0.29, 0.717) is 31.1 Å². The summed E-state index contributed by atoms with van der Waals surface area (Å²) >= 11 is 0. The third-order valence-corrected chi connectivity index (χ3v) is 10.6. The third kappa shape index (κ3) is 8.17. The van der Waals surface area contributed by atoms with Crippen molar-refractivity contribution in [3.8, 4) is 5.88 Å². The Hall–Kier alpha value is -3.98. The molecule has 1 aromatic heterocycles. The summed E-state index contributed by atoms with van der Waals surface area (Å²) < 4.78 is 76.3. The van der Waals surface area contributed by atoms with E-state index in [-0.39, 0.29) is 31.8 Å². The standard InChI is InChI=1S/C33H40F3N5O6S/c1-3-15-32(2,31(44)40-48(45,46)24-12-13-24)39-28(42)26-19-23-20-41(26)30(43)27(33(34,35)36)37-16-8-6-4-5-7-9-21-10-11-22-14-17-38-29(47-23)25(22)18-21/h3,7,9-11,14,17-18,23-24,26-27,37H,1,4-6,8,12-13,15-16,19-20H2,2H3,(H,39,42)(H,40,44)/b9-7+/t23-,26+,27?,32-/m1/s1. The molecule has 48 heavy (non-hydrogen) atoms. The van der Waals surface area contributed by atoms with Crippen LogP contribution in [0.5, 0.6) is 5.88 Å². The largest absolute Gasteiger partial charge is 0.472 e. The van der Waals surface area contributed by atoms with Crippen LogP contribution < -0.4 is 20.1 Å². The maximum Gasteiger partial charge on any atom is 0.412 e. The Labute approximate surface area is 277 Å². The van der Waals surface area contributed by atoms with Gasteiger partial charge in [-0.15, -0.1) is 6.58 Å². The topological polar surface area (TPSA) is 147 Å². The monoisotopic (exact) mass is 691 g/mol. The average Bonchev–Trinajstić information content (AvgIpc) is 3.80. The number of hydrogen-bond donors (Lipinski definition) is 3. The van der Waals surface area contributed by atoms with Crippen LogP contribution in [0.15, 0.2) is 49.2 Å². The highest BCUT2D eigenvalue weighted by atomic mass is 32.2. The van der Waals surface area contributed by atoms with Gasteiger partial charge in [0.1, 0.15) is 17.7 Å². The van der Waals surface area contributed by atoms with Gasteiger partial charge in [0.25, 0.3) is 5.91 Å². The fourth-order valence-corrected chi connectivity index (χ4v) is 7.38. The zero-order chi connectivity index (χ0) is 34.7. The molecule has 11 nitrogen and oxygen atoms in total. The molecule has 3 amide bonds. The van der Waals surface area contributed by atoms with Crippen molar-refractivity contribution in [1.29, 1.82) is 0 Å². The van der Waals surface area contributed by atoms with Gasteiger partial charge in [0.15, 0.2) is 6.04 Å². The van der Waals surface area contributed by atoms with Crippen molar-refractivity contribution in [2.45, 2.75) is 93.4 Å². The molecule has 1 saturated heterocycles. The van der Waals surface area contributed by atoms with Gasteiger partial charge in [0, 0.05) is 18.0 Å². The van der Waals surface area contributed by atoms with E-state index >= 15 is 0 Å². The normalized spacial score (nSPS) is 24.5. The van der Waals surface area contributed by atoms with Gasteiger partial charge in [0.05, 0.1) is 11.8 Å². The number of sulfonamides is 1. The van der Waals surface area contributed by atoms with E-state index in [4.69, 9.17) is 4.74 Å². The number of nitrogens with zero attached hydrogens (tertiary/aromatic N) is 2. The quantitative estimate of drug-likeness (QED) is 0.373. The maximum absolute atomic E-state index is 14.3. The van der Waals surface area contributed by atoms with Crippen LogP contribution in [0, 0.1) is 0 Å². The Morgan fingerprint density at radius 1 is 1.19 bits per heavy atom. The average molecular weight is 692 g/mol. The molecule has 2 fully saturated rings. The minimum Gasteiger partial charge on any atom is -0.472 e. The van der Waals surface area contributed by atoms with Crippen molar-refractivity contribution in [3.63, 3.8) is 0 Å². The van der Waals surface area contributed by atoms with Gasteiger partial charge in [-0.3, -0.25) is 24.4 Å². The van der Waals surface area contributed by atoms with Gasteiger partial charge in [-0.05, 0) is 75.1 Å². The Bertz CT molecular complexity index is 1700. The van der Waals surface area contributed by atoms with E-state index in [0.717, 1.165) is 28.7 Å². The second-order valence-corrected chi connectivity index (χ2v) is 14.7. The summed E-state index contributed by atoms with van der Waals surface area (Å²) in [7, 11) is -3.98. The lowest BCUT2D eigenvalue weighted by Crippen LogP contribution is -2.62. The Morgan fingerprint density at radius 2 is 1.96 bits per heavy atom. The number of halogens is 3. The molecule has 0 radical (unpaired) electrons. The number of ether oxygens (including phenoxy) is 1. The third-order valence-electron chi connectivity index (χ3n) is 8.81. The molecule has 260 valence electrons. The van der Waals surface area contributed by atoms with Crippen LogP contribution in [-0.2, 0) is 24.4 Å². The van der Waals surface area contributed by atoms with Crippen LogP contribution in [-0.4, -0.2) is 84.3 Å². The van der Waals surface area contributed by atoms with E-state index in [2.05, 4.69) is 22.2 Å². The highest BCUT2D eigenvalue weighted by Gasteiger charge is 2.52. The lowest BCUT2D eigenvalue weighted by atomic mass is 9.96. The molecule has 2 aromatic rings. The highest BCUT2D eigenvalue weighted by molar-refractivity contribution is 7.91. The van der Waals surface area contributed by atoms with Crippen LogP contribution in [0.2, 0.25) is 0 Å². The summed E-state index contributed by atoms with van der Waals surface area (Å²) in [5.74, 6) is -3.14. The predicted octanol–water partition coefficient (Wildman–Crippen LogP) is 3.75. The molecule has 3 heterocycles. The van der Waals surface area contributed by atoms with Crippen LogP contribution in [0.4, 0.5) is 13.2 Å². The molecule has 3 aliphatic rings. The number of nitrogens with one attached hydrogen (secondary N) is 3. The number of rotatable bonds is 7. The number of benzene rings is 1. The summed E-state index contributed by atoms with van der Waals surface area (Å²) in [5.41, 5.74) is -0.941. The molecule has 1 aliphatic carbocycles. The molecule has 3 N–H and O–H groups in total. The van der Waals surface area contributed by atoms with E-state index in [9.17, 15) is 36.0 Å². The van der Waals surface area contributed by atoms with E-state index in [1.165, 1.54) is 19.2 Å². The second-order valence-electron chi connectivity index (χ2n) is 12.7. The van der Waals surface area contributed by atoms with Crippen LogP contribution in [0.1, 0.15) is 63.9 Å². The molecule has 1 aromatic carbocycles. The molecule has 1 saturated carbocycles. The smallest absolute Gasteiger partial charge is 0.412 e. The number of fused-ring (bicyclic) bond motifs is 3. The summed E-state index contributed by atoms with van der Waals surface area (Å²) in [6.07, 6.45) is 3.74. The number of amides is 3. The molecule has 1 unspecified atom stereocenters. The lowest BCUT2D eigenvalue weighted by molar-refractivity contribution is -0.177. The molecule has 4 atom stereocenters.